The van der Waals surface area contributed by atoms with Gasteiger partial charge in [0.2, 0.25) is 23.6 Å². The van der Waals surface area contributed by atoms with Gasteiger partial charge in [0.25, 0.3) is 0 Å². The van der Waals surface area contributed by atoms with E-state index in [1.807, 2.05) is 0 Å². The normalized spacial score (nSPS) is 13.8. The number of unbranched alkanes of at least 4 members (excludes halogenated alkanes) is 44. The fourth-order valence-corrected chi connectivity index (χ4v) is 14.7. The molecule has 0 aromatic rings. The maximum absolute atomic E-state index is 13.3. The zero-order valence-electron chi connectivity index (χ0n) is 70.4. The lowest BCUT2D eigenvalue weighted by atomic mass is 10.1. The number of carbonyl (C=O) groups excluding carboxylic acids is 6. The number of amides is 4. The maximum atomic E-state index is 13.3. The van der Waals surface area contributed by atoms with Gasteiger partial charge in [-0.05, 0) is 51.4 Å². The van der Waals surface area contributed by atoms with E-state index in [1.165, 1.54) is 167 Å². The second-order valence-electron chi connectivity index (χ2n) is 30.7. The number of hydrogen-bond acceptors (Lipinski definition) is 16. The van der Waals surface area contributed by atoms with Gasteiger partial charge in [-0.1, -0.05) is 324 Å². The van der Waals surface area contributed by atoms with Crippen LogP contribution in [0.15, 0.2) is 0 Å². The molecule has 0 aliphatic carbocycles. The van der Waals surface area contributed by atoms with Crippen molar-refractivity contribution in [1.29, 1.82) is 0 Å². The third kappa shape index (κ3) is 76.0. The van der Waals surface area contributed by atoms with Crippen molar-refractivity contribution in [1.82, 2.24) is 21.3 Å². The molecule has 0 aliphatic rings. The number of phosphoric ester groups is 2. The third-order valence-corrected chi connectivity index (χ3v) is 21.9. The minimum Gasteiger partial charge on any atom is -0.462 e. The lowest BCUT2D eigenvalue weighted by molar-refractivity contribution is -0.151. The number of rotatable bonds is 86. The topological polar surface area (TPSA) is 299 Å². The summed E-state index contributed by atoms with van der Waals surface area (Å²) in [4.78, 5) is 99.5. The first-order chi connectivity index (χ1) is 52.9. The van der Waals surface area contributed by atoms with E-state index < -0.39 is 72.4 Å². The highest BCUT2D eigenvalue weighted by Crippen LogP contribution is 2.44. The molecular weight excluding hydrogens is 1430 g/mol. The van der Waals surface area contributed by atoms with Crippen LogP contribution in [0.1, 0.15) is 420 Å². The number of nitrogens with one attached hydrogen (secondary N) is 4. The van der Waals surface area contributed by atoms with Crippen LogP contribution in [0, 0.1) is 0 Å². The SMILES string of the molecule is CCCCCCCCCCCCCC(=O)NC(COCCC(CCCCCCC)OC(=O)CCCCCCCCCCC)COP(=O)(O)OCCNC(=O)CC(=O)NCCOP(=O)(O)OCC(COCCC(CCCCCCC)OC(=O)CCCCCCCCCCC)NC(=O)CCCCCCCCCCCCC. The van der Waals surface area contributed by atoms with Crippen LogP contribution in [0.25, 0.3) is 0 Å². The predicted molar refractivity (Wildman–Crippen MR) is 441 cm³/mol. The molecule has 0 bridgehead atoms. The Kier molecular flexibility index (Phi) is 76.6. The molecule has 0 fully saturated rings. The van der Waals surface area contributed by atoms with Gasteiger partial charge in [0.05, 0.1) is 64.9 Å². The highest BCUT2D eigenvalue weighted by molar-refractivity contribution is 7.47. The molecule has 0 radical (unpaired) electrons. The molecule has 0 spiro atoms. The summed E-state index contributed by atoms with van der Waals surface area (Å²) in [6.45, 7) is 11.3. The first kappa shape index (κ1) is 106. The van der Waals surface area contributed by atoms with E-state index in [1.54, 1.807) is 0 Å². The summed E-state index contributed by atoms with van der Waals surface area (Å²) in [5.41, 5.74) is 0. The van der Waals surface area contributed by atoms with Crippen LogP contribution in [-0.2, 0) is 74.9 Å². The summed E-state index contributed by atoms with van der Waals surface area (Å²) in [6.07, 6.45) is 58.9. The summed E-state index contributed by atoms with van der Waals surface area (Å²) in [7, 11) is -9.46. The van der Waals surface area contributed by atoms with E-state index in [4.69, 9.17) is 37.0 Å². The molecule has 0 saturated heterocycles. The lowest BCUT2D eigenvalue weighted by Crippen LogP contribution is -2.41. The van der Waals surface area contributed by atoms with E-state index in [0.29, 0.717) is 51.4 Å². The highest BCUT2D eigenvalue weighted by Gasteiger charge is 2.27. The predicted octanol–water partition coefficient (Wildman–Crippen LogP) is 21.4. The van der Waals surface area contributed by atoms with Gasteiger partial charge in [-0.2, -0.15) is 0 Å². The van der Waals surface area contributed by atoms with Crippen LogP contribution in [0.4, 0.5) is 0 Å². The molecular formula is C85H166N4O18P2. The van der Waals surface area contributed by atoms with Gasteiger partial charge < -0.3 is 50.0 Å². The van der Waals surface area contributed by atoms with E-state index in [-0.39, 0.29) is 88.3 Å². The van der Waals surface area contributed by atoms with Crippen LogP contribution in [0.3, 0.4) is 0 Å². The second kappa shape index (κ2) is 78.8. The zero-order chi connectivity index (χ0) is 80.0. The molecule has 6 N–H and O–H groups in total. The molecule has 4 amide bonds. The fraction of sp³-hybridized carbons (Fsp3) is 0.929. The maximum Gasteiger partial charge on any atom is 0.472 e. The van der Waals surface area contributed by atoms with Crippen molar-refractivity contribution in [2.45, 2.75) is 445 Å². The van der Waals surface area contributed by atoms with Gasteiger partial charge in [-0.3, -0.25) is 46.9 Å². The molecule has 109 heavy (non-hydrogen) atoms. The minimum atomic E-state index is -4.73. The standard InChI is InChI=1S/C85H166N4O18P2/c1-7-13-19-25-29-33-35-39-41-47-53-59-80(90)88-76(72-100-67-63-78(57-51-45-23-17-11-5)106-84(94)61-55-49-43-37-31-27-21-15-9-3)74-104-108(96,97)102-69-65-86-82(92)71-83(93)87-66-70-103-109(98,99)105-75-77(89-81(91)60-54-48-42-40-36-34-30-26-20-14-8-2)73-101-68-64-79(58-52-46-24-18-12-6)107-85(95)62-56-50-44-38-32-28-22-16-10-4/h76-79H,7-75H2,1-6H3,(H,86,92)(H,87,93)(H,88,90)(H,89,91)(H,96,97)(H,98,99). The van der Waals surface area contributed by atoms with Crippen LogP contribution in [-0.4, -0.2) is 136 Å². The van der Waals surface area contributed by atoms with Crippen molar-refractivity contribution >= 4 is 51.2 Å². The summed E-state index contributed by atoms with van der Waals surface area (Å²) in [5, 5.41) is 10.7. The number of phosphoric acid groups is 2. The number of carbonyl (C=O) groups is 6. The first-order valence-electron chi connectivity index (χ1n) is 44.8. The quantitative estimate of drug-likeness (QED) is 0.0143. The fourth-order valence-electron chi connectivity index (χ4n) is 13.2. The average molecular weight is 1590 g/mol. The molecule has 0 heterocycles. The Balaban J connectivity index is 5.52. The Morgan fingerprint density at radius 2 is 0.532 bits per heavy atom. The molecule has 0 rings (SSSR count). The van der Waals surface area contributed by atoms with Crippen molar-refractivity contribution in [3.63, 3.8) is 0 Å². The molecule has 22 nitrogen and oxygen atoms in total. The summed E-state index contributed by atoms with van der Waals surface area (Å²) in [6, 6.07) is -1.64. The van der Waals surface area contributed by atoms with Crippen LogP contribution in [0.2, 0.25) is 0 Å². The van der Waals surface area contributed by atoms with Crippen LogP contribution >= 0.6 is 15.6 Å². The van der Waals surface area contributed by atoms with E-state index >= 15 is 0 Å². The molecule has 24 heteroatoms. The molecule has 0 saturated carbocycles. The third-order valence-electron chi connectivity index (χ3n) is 19.9. The minimum absolute atomic E-state index is 0.0448. The number of esters is 2. The van der Waals surface area contributed by atoms with Crippen molar-refractivity contribution < 1.29 is 84.7 Å². The summed E-state index contributed by atoms with van der Waals surface area (Å²) >= 11 is 0. The van der Waals surface area contributed by atoms with Crippen molar-refractivity contribution in [3.8, 4) is 0 Å². The molecule has 6 unspecified atom stereocenters. The summed E-state index contributed by atoms with van der Waals surface area (Å²) in [5.74, 6) is -2.36. The van der Waals surface area contributed by atoms with Gasteiger partial charge in [0, 0.05) is 51.6 Å². The van der Waals surface area contributed by atoms with Crippen molar-refractivity contribution in [2.24, 2.45) is 0 Å². The second-order valence-corrected chi connectivity index (χ2v) is 33.6. The smallest absolute Gasteiger partial charge is 0.462 e. The Hall–Kier alpha value is -3.04. The van der Waals surface area contributed by atoms with Crippen molar-refractivity contribution in [2.75, 3.05) is 65.9 Å². The number of ether oxygens (including phenoxy) is 4. The molecule has 0 aliphatic heterocycles. The van der Waals surface area contributed by atoms with Gasteiger partial charge in [0.1, 0.15) is 18.6 Å². The van der Waals surface area contributed by atoms with Gasteiger partial charge in [-0.15, -0.1) is 0 Å². The zero-order valence-corrected chi connectivity index (χ0v) is 72.2. The Morgan fingerprint density at radius 1 is 0.284 bits per heavy atom. The molecule has 0 aromatic heterocycles. The molecule has 6 atom stereocenters. The van der Waals surface area contributed by atoms with Crippen molar-refractivity contribution in [3.05, 3.63) is 0 Å². The van der Waals surface area contributed by atoms with Gasteiger partial charge >= 0.3 is 27.6 Å². The Bertz CT molecular complexity index is 2080. The molecule has 0 aromatic carbocycles. The summed E-state index contributed by atoms with van der Waals surface area (Å²) < 4.78 is 71.5. The highest BCUT2D eigenvalue weighted by atomic mass is 31.2. The average Bonchev–Trinajstić information content (AvgIpc) is 0.927. The van der Waals surface area contributed by atoms with Gasteiger partial charge in [0.15, 0.2) is 0 Å². The van der Waals surface area contributed by atoms with E-state index in [0.717, 1.165) is 141 Å². The van der Waals surface area contributed by atoms with Gasteiger partial charge in [-0.25, -0.2) is 9.13 Å². The van der Waals surface area contributed by atoms with E-state index in [2.05, 4.69) is 62.8 Å². The van der Waals surface area contributed by atoms with Crippen LogP contribution in [0.5, 0.6) is 0 Å². The monoisotopic (exact) mass is 1590 g/mol. The molecule has 644 valence electrons. The van der Waals surface area contributed by atoms with E-state index in [9.17, 15) is 47.7 Å². The largest absolute Gasteiger partial charge is 0.472 e. The Morgan fingerprint density at radius 3 is 0.807 bits per heavy atom. The Labute approximate surface area is 664 Å². The number of hydrogen-bond donors (Lipinski definition) is 6. The lowest BCUT2D eigenvalue weighted by Gasteiger charge is -2.22. The van der Waals surface area contributed by atoms with Crippen LogP contribution < -0.4 is 21.3 Å². The first-order valence-corrected chi connectivity index (χ1v) is 47.8.